The SMILES string of the molecule is CCc1cc(CC(=O)C(CN)c2ccccc2)n(CC)n1. The predicted octanol–water partition coefficient (Wildman–Crippen LogP) is 2.32. The molecule has 0 saturated heterocycles. The number of aryl methyl sites for hydroxylation is 2. The van der Waals surface area contributed by atoms with E-state index in [-0.39, 0.29) is 11.7 Å². The quantitative estimate of drug-likeness (QED) is 0.849. The molecule has 0 fully saturated rings. The third kappa shape index (κ3) is 3.58. The standard InChI is InChI=1S/C17H23N3O/c1-3-14-10-15(20(4-2)19-14)11-17(21)16(12-18)13-8-6-5-7-9-13/h5-10,16H,3-4,11-12,18H2,1-2H3. The minimum atomic E-state index is -0.239. The molecule has 0 bridgehead atoms. The van der Waals surface area contributed by atoms with Crippen LogP contribution in [0.2, 0.25) is 0 Å². The maximum absolute atomic E-state index is 12.6. The lowest BCUT2D eigenvalue weighted by molar-refractivity contribution is -0.119. The number of benzene rings is 1. The van der Waals surface area contributed by atoms with Crippen molar-refractivity contribution in [3.8, 4) is 0 Å². The van der Waals surface area contributed by atoms with Crippen LogP contribution in [0.15, 0.2) is 36.4 Å². The fraction of sp³-hybridized carbons (Fsp3) is 0.412. The number of nitrogens with zero attached hydrogens (tertiary/aromatic N) is 2. The molecule has 1 unspecified atom stereocenters. The molecular formula is C17H23N3O. The molecule has 0 aliphatic carbocycles. The Kier molecular flexibility index (Phi) is 5.28. The van der Waals surface area contributed by atoms with E-state index in [9.17, 15) is 4.79 Å². The number of ketones is 1. The summed E-state index contributed by atoms with van der Waals surface area (Å²) in [4.78, 5) is 12.6. The van der Waals surface area contributed by atoms with Crippen molar-refractivity contribution in [1.29, 1.82) is 0 Å². The summed E-state index contributed by atoms with van der Waals surface area (Å²) >= 11 is 0. The Hall–Kier alpha value is -1.94. The van der Waals surface area contributed by atoms with Crippen molar-refractivity contribution in [3.63, 3.8) is 0 Å². The van der Waals surface area contributed by atoms with Gasteiger partial charge in [0.1, 0.15) is 5.78 Å². The van der Waals surface area contributed by atoms with Gasteiger partial charge in [-0.3, -0.25) is 9.48 Å². The highest BCUT2D eigenvalue weighted by Crippen LogP contribution is 2.18. The molecule has 2 N–H and O–H groups in total. The van der Waals surface area contributed by atoms with Crippen LogP contribution in [-0.4, -0.2) is 22.1 Å². The Morgan fingerprint density at radius 3 is 2.57 bits per heavy atom. The summed E-state index contributed by atoms with van der Waals surface area (Å²) in [5.74, 6) is -0.0857. The molecule has 1 aromatic heterocycles. The smallest absolute Gasteiger partial charge is 0.147 e. The van der Waals surface area contributed by atoms with Crippen molar-refractivity contribution in [3.05, 3.63) is 53.3 Å². The van der Waals surface area contributed by atoms with Crippen molar-refractivity contribution < 1.29 is 4.79 Å². The van der Waals surface area contributed by atoms with Crippen LogP contribution in [0.4, 0.5) is 0 Å². The van der Waals surface area contributed by atoms with Crippen LogP contribution in [0.25, 0.3) is 0 Å². The van der Waals surface area contributed by atoms with Gasteiger partial charge in [0.25, 0.3) is 0 Å². The van der Waals surface area contributed by atoms with Gasteiger partial charge in [-0.15, -0.1) is 0 Å². The first-order valence-corrected chi connectivity index (χ1v) is 7.52. The van der Waals surface area contributed by atoms with Crippen molar-refractivity contribution >= 4 is 5.78 Å². The zero-order chi connectivity index (χ0) is 15.2. The number of rotatable bonds is 7. The molecule has 112 valence electrons. The molecule has 0 aliphatic rings. The lowest BCUT2D eigenvalue weighted by atomic mass is 9.92. The molecule has 1 atom stereocenters. The van der Waals surface area contributed by atoms with Crippen molar-refractivity contribution in [2.75, 3.05) is 6.54 Å². The predicted molar refractivity (Wildman–Crippen MR) is 84.2 cm³/mol. The molecule has 4 heteroatoms. The largest absolute Gasteiger partial charge is 0.329 e. The molecule has 4 nitrogen and oxygen atoms in total. The van der Waals surface area contributed by atoms with E-state index in [2.05, 4.69) is 12.0 Å². The summed E-state index contributed by atoms with van der Waals surface area (Å²) < 4.78 is 1.91. The van der Waals surface area contributed by atoms with Gasteiger partial charge in [-0.05, 0) is 25.0 Å². The first kappa shape index (κ1) is 15.4. The molecule has 2 rings (SSSR count). The van der Waals surface area contributed by atoms with Gasteiger partial charge >= 0.3 is 0 Å². The Morgan fingerprint density at radius 1 is 1.29 bits per heavy atom. The number of hydrogen-bond acceptors (Lipinski definition) is 3. The Labute approximate surface area is 126 Å². The van der Waals surface area contributed by atoms with Gasteiger partial charge in [-0.1, -0.05) is 37.3 Å². The highest BCUT2D eigenvalue weighted by atomic mass is 16.1. The van der Waals surface area contributed by atoms with Crippen molar-refractivity contribution in [2.24, 2.45) is 5.73 Å². The molecule has 1 aromatic carbocycles. The lowest BCUT2D eigenvalue weighted by Gasteiger charge is -2.14. The van der Waals surface area contributed by atoms with Gasteiger partial charge in [-0.25, -0.2) is 0 Å². The minimum absolute atomic E-state index is 0.154. The number of aromatic nitrogens is 2. The average Bonchev–Trinajstić information content (AvgIpc) is 2.91. The van der Waals surface area contributed by atoms with Crippen LogP contribution >= 0.6 is 0 Å². The fourth-order valence-corrected chi connectivity index (χ4v) is 2.54. The van der Waals surface area contributed by atoms with E-state index < -0.39 is 0 Å². The van der Waals surface area contributed by atoms with Gasteiger partial charge in [0, 0.05) is 25.2 Å². The van der Waals surface area contributed by atoms with Gasteiger partial charge in [0.05, 0.1) is 11.6 Å². The first-order valence-electron chi connectivity index (χ1n) is 7.52. The van der Waals surface area contributed by atoms with E-state index in [0.29, 0.717) is 13.0 Å². The van der Waals surface area contributed by atoms with E-state index >= 15 is 0 Å². The summed E-state index contributed by atoms with van der Waals surface area (Å²) in [6, 6.07) is 11.8. The van der Waals surface area contributed by atoms with Crippen molar-refractivity contribution in [2.45, 2.75) is 39.2 Å². The summed E-state index contributed by atoms with van der Waals surface area (Å²) in [6.45, 7) is 5.23. The van der Waals surface area contributed by atoms with Gasteiger partial charge in [-0.2, -0.15) is 5.10 Å². The van der Waals surface area contributed by atoms with Crippen LogP contribution in [-0.2, 0) is 24.2 Å². The third-order valence-corrected chi connectivity index (χ3v) is 3.76. The monoisotopic (exact) mass is 285 g/mol. The summed E-state index contributed by atoms with van der Waals surface area (Å²) in [6.07, 6.45) is 1.27. The number of hydrogen-bond donors (Lipinski definition) is 1. The Bertz CT molecular complexity index is 589. The molecular weight excluding hydrogens is 262 g/mol. The van der Waals surface area contributed by atoms with Crippen LogP contribution in [0.3, 0.4) is 0 Å². The highest BCUT2D eigenvalue weighted by molar-refractivity contribution is 5.87. The van der Waals surface area contributed by atoms with E-state index in [4.69, 9.17) is 5.73 Å². The summed E-state index contributed by atoms with van der Waals surface area (Å²) in [5.41, 5.74) is 8.82. The lowest BCUT2D eigenvalue weighted by Crippen LogP contribution is -2.24. The van der Waals surface area contributed by atoms with E-state index in [1.54, 1.807) is 0 Å². The van der Waals surface area contributed by atoms with Crippen LogP contribution in [0, 0.1) is 0 Å². The van der Waals surface area contributed by atoms with E-state index in [1.165, 1.54) is 0 Å². The van der Waals surface area contributed by atoms with Gasteiger partial charge in [0.15, 0.2) is 0 Å². The maximum atomic E-state index is 12.6. The van der Waals surface area contributed by atoms with E-state index in [1.807, 2.05) is 48.0 Å². The summed E-state index contributed by atoms with van der Waals surface area (Å²) in [5, 5.41) is 4.49. The van der Waals surface area contributed by atoms with Gasteiger partial charge in [0.2, 0.25) is 0 Å². The molecule has 0 radical (unpaired) electrons. The van der Waals surface area contributed by atoms with Gasteiger partial charge < -0.3 is 5.73 Å². The van der Waals surface area contributed by atoms with Crippen LogP contribution in [0.5, 0.6) is 0 Å². The number of carbonyl (C=O) groups excluding carboxylic acids is 1. The topological polar surface area (TPSA) is 60.9 Å². The average molecular weight is 285 g/mol. The zero-order valence-corrected chi connectivity index (χ0v) is 12.7. The third-order valence-electron chi connectivity index (χ3n) is 3.76. The van der Waals surface area contributed by atoms with Crippen LogP contribution in [0.1, 0.15) is 36.7 Å². The molecule has 2 aromatic rings. The second-order valence-electron chi connectivity index (χ2n) is 5.14. The highest BCUT2D eigenvalue weighted by Gasteiger charge is 2.20. The first-order chi connectivity index (χ1) is 10.2. The maximum Gasteiger partial charge on any atom is 0.147 e. The number of nitrogens with two attached hydrogens (primary N) is 1. The molecule has 0 aliphatic heterocycles. The Morgan fingerprint density at radius 2 is 2.00 bits per heavy atom. The number of carbonyl (C=O) groups is 1. The molecule has 0 saturated carbocycles. The molecule has 0 amide bonds. The van der Waals surface area contributed by atoms with Crippen molar-refractivity contribution in [1.82, 2.24) is 9.78 Å². The summed E-state index contributed by atoms with van der Waals surface area (Å²) in [7, 11) is 0. The fourth-order valence-electron chi connectivity index (χ4n) is 2.54. The Balaban J connectivity index is 2.18. The van der Waals surface area contributed by atoms with Crippen LogP contribution < -0.4 is 5.73 Å². The molecule has 1 heterocycles. The normalized spacial score (nSPS) is 12.3. The second kappa shape index (κ2) is 7.18. The molecule has 21 heavy (non-hydrogen) atoms. The second-order valence-corrected chi connectivity index (χ2v) is 5.14. The van der Waals surface area contributed by atoms with E-state index in [0.717, 1.165) is 29.9 Å². The zero-order valence-electron chi connectivity index (χ0n) is 12.7. The number of Topliss-reactive ketones (excluding diaryl/α,β-unsaturated/α-hetero) is 1. The minimum Gasteiger partial charge on any atom is -0.329 e. The molecule has 0 spiro atoms.